The van der Waals surface area contributed by atoms with E-state index in [1.807, 2.05) is 43.3 Å². The lowest BCUT2D eigenvalue weighted by atomic mass is 10.1. The summed E-state index contributed by atoms with van der Waals surface area (Å²) < 4.78 is 0. The van der Waals surface area contributed by atoms with Crippen LogP contribution in [0.4, 0.5) is 5.69 Å². The van der Waals surface area contributed by atoms with Gasteiger partial charge in [0.2, 0.25) is 0 Å². The second-order valence-electron chi connectivity index (χ2n) is 3.75. The zero-order chi connectivity index (χ0) is 12.3. The summed E-state index contributed by atoms with van der Waals surface area (Å²) in [6.45, 7) is 2.04. The van der Waals surface area contributed by atoms with E-state index in [2.05, 4.69) is 10.3 Å². The van der Waals surface area contributed by atoms with E-state index >= 15 is 0 Å². The van der Waals surface area contributed by atoms with E-state index in [1.165, 1.54) is 5.56 Å². The fraction of sp³-hybridized carbons (Fsp3) is 0.0769. The Hall–Kier alpha value is -1.94. The van der Waals surface area contributed by atoms with Crippen LogP contribution in [-0.4, -0.2) is 10.1 Å². The molecule has 0 fully saturated rings. The molecule has 17 heavy (non-hydrogen) atoms. The third-order valence-electron chi connectivity index (χ3n) is 2.38. The highest BCUT2D eigenvalue weighted by Crippen LogP contribution is 2.26. The summed E-state index contributed by atoms with van der Waals surface area (Å²) in [6.07, 6.45) is 1.79. The Labute approximate surface area is 106 Å². The van der Waals surface area contributed by atoms with Crippen molar-refractivity contribution < 1.29 is 0 Å². The maximum Gasteiger partial charge on any atom is 0.168 e. The van der Waals surface area contributed by atoms with Crippen LogP contribution in [0.2, 0.25) is 0 Å². The molecule has 1 heterocycles. The van der Waals surface area contributed by atoms with E-state index < -0.39 is 0 Å². The summed E-state index contributed by atoms with van der Waals surface area (Å²) in [5.74, 6) is 0. The van der Waals surface area contributed by atoms with Gasteiger partial charge in [0.1, 0.15) is 0 Å². The Balaban J connectivity index is 2.47. The number of hydrogen-bond acceptors (Lipinski definition) is 2. The highest BCUT2D eigenvalue weighted by Gasteiger charge is 2.05. The van der Waals surface area contributed by atoms with Crippen molar-refractivity contribution >= 4 is 23.0 Å². The first kappa shape index (κ1) is 11.5. The third-order valence-corrected chi connectivity index (χ3v) is 2.48. The largest absolute Gasteiger partial charge is 0.376 e. The lowest BCUT2D eigenvalue weighted by molar-refractivity contribution is 1.29. The Morgan fingerprint density at radius 2 is 2.06 bits per heavy atom. The molecule has 0 atom stereocenters. The molecule has 0 aliphatic heterocycles. The van der Waals surface area contributed by atoms with Gasteiger partial charge >= 0.3 is 0 Å². The first-order chi connectivity index (χ1) is 8.16. The van der Waals surface area contributed by atoms with Crippen molar-refractivity contribution in [2.24, 2.45) is 5.73 Å². The summed E-state index contributed by atoms with van der Waals surface area (Å²) in [5.41, 5.74) is 9.44. The summed E-state index contributed by atoms with van der Waals surface area (Å²) in [5, 5.41) is 3.22. The molecule has 0 aliphatic carbocycles. The minimum atomic E-state index is 0.255. The number of aromatic nitrogens is 1. The second-order valence-corrected chi connectivity index (χ2v) is 4.19. The van der Waals surface area contributed by atoms with Crippen LogP contribution in [-0.2, 0) is 0 Å². The van der Waals surface area contributed by atoms with Crippen molar-refractivity contribution in [3.05, 3.63) is 48.2 Å². The van der Waals surface area contributed by atoms with Crippen molar-refractivity contribution in [2.75, 3.05) is 5.32 Å². The number of aryl methyl sites for hydroxylation is 1. The monoisotopic (exact) mass is 243 g/mol. The van der Waals surface area contributed by atoms with Crippen LogP contribution in [0.25, 0.3) is 11.3 Å². The van der Waals surface area contributed by atoms with Gasteiger partial charge in [-0.25, -0.2) is 0 Å². The molecule has 0 aliphatic rings. The summed E-state index contributed by atoms with van der Waals surface area (Å²) in [6, 6.07) is 11.8. The molecule has 0 radical (unpaired) electrons. The minimum absolute atomic E-state index is 0.255. The van der Waals surface area contributed by atoms with Gasteiger partial charge in [-0.05, 0) is 42.9 Å². The smallest absolute Gasteiger partial charge is 0.168 e. The topological polar surface area (TPSA) is 50.9 Å². The average Bonchev–Trinajstić information content (AvgIpc) is 2.29. The number of anilines is 1. The Bertz CT molecular complexity index is 552. The number of nitrogens with one attached hydrogen (secondary N) is 1. The first-order valence-corrected chi connectivity index (χ1v) is 5.66. The number of rotatable bonds is 2. The molecular weight excluding hydrogens is 230 g/mol. The number of thiocarbonyl (C=S) groups is 1. The maximum atomic E-state index is 5.50. The van der Waals surface area contributed by atoms with Crippen molar-refractivity contribution in [3.8, 4) is 11.3 Å². The van der Waals surface area contributed by atoms with Crippen LogP contribution >= 0.6 is 12.2 Å². The van der Waals surface area contributed by atoms with Gasteiger partial charge in [-0.15, -0.1) is 0 Å². The molecule has 3 nitrogen and oxygen atoms in total. The molecule has 0 bridgehead atoms. The normalized spacial score (nSPS) is 9.94. The molecule has 0 amide bonds. The van der Waals surface area contributed by atoms with Crippen molar-refractivity contribution in [3.63, 3.8) is 0 Å². The molecule has 2 aromatic rings. The standard InChI is InChI=1S/C13H13N3S/c1-9-6-7-15-12(8-9)10-4-2-3-5-11(10)16-13(14)17/h2-8H,1H3,(H3,14,16,17). The molecule has 86 valence electrons. The molecule has 0 unspecified atom stereocenters. The lowest BCUT2D eigenvalue weighted by Crippen LogP contribution is -2.19. The Morgan fingerprint density at radius 1 is 1.29 bits per heavy atom. The summed E-state index contributed by atoms with van der Waals surface area (Å²) >= 11 is 4.86. The summed E-state index contributed by atoms with van der Waals surface area (Å²) in [4.78, 5) is 4.35. The quantitative estimate of drug-likeness (QED) is 0.796. The van der Waals surface area contributed by atoms with Gasteiger partial charge in [-0.1, -0.05) is 18.2 Å². The first-order valence-electron chi connectivity index (χ1n) is 5.25. The molecule has 0 saturated carbocycles. The molecule has 3 N–H and O–H groups in total. The van der Waals surface area contributed by atoms with E-state index in [9.17, 15) is 0 Å². The highest BCUT2D eigenvalue weighted by atomic mass is 32.1. The summed E-state index contributed by atoms with van der Waals surface area (Å²) in [7, 11) is 0. The minimum Gasteiger partial charge on any atom is -0.376 e. The van der Waals surface area contributed by atoms with E-state index in [0.29, 0.717) is 0 Å². The number of nitrogens with zero attached hydrogens (tertiary/aromatic N) is 1. The molecule has 0 spiro atoms. The van der Waals surface area contributed by atoms with Crippen LogP contribution < -0.4 is 11.1 Å². The van der Waals surface area contributed by atoms with Crippen LogP contribution in [0.5, 0.6) is 0 Å². The molecule has 1 aromatic carbocycles. The van der Waals surface area contributed by atoms with Gasteiger partial charge in [0, 0.05) is 17.4 Å². The van der Waals surface area contributed by atoms with Crippen LogP contribution in [0.15, 0.2) is 42.6 Å². The van der Waals surface area contributed by atoms with Gasteiger partial charge in [-0.2, -0.15) is 0 Å². The van der Waals surface area contributed by atoms with Crippen molar-refractivity contribution in [2.45, 2.75) is 6.92 Å². The van der Waals surface area contributed by atoms with Gasteiger partial charge in [-0.3, -0.25) is 4.98 Å². The van der Waals surface area contributed by atoms with Gasteiger partial charge in [0.05, 0.1) is 5.69 Å². The molecule has 1 aromatic heterocycles. The number of nitrogens with two attached hydrogens (primary N) is 1. The predicted octanol–water partition coefficient (Wildman–Crippen LogP) is 2.71. The third kappa shape index (κ3) is 2.79. The van der Waals surface area contributed by atoms with Gasteiger partial charge in [0.25, 0.3) is 0 Å². The zero-order valence-corrected chi connectivity index (χ0v) is 10.3. The Morgan fingerprint density at radius 3 is 2.76 bits per heavy atom. The van der Waals surface area contributed by atoms with E-state index in [4.69, 9.17) is 18.0 Å². The van der Waals surface area contributed by atoms with Crippen LogP contribution in [0, 0.1) is 6.92 Å². The van der Waals surface area contributed by atoms with Crippen LogP contribution in [0.3, 0.4) is 0 Å². The average molecular weight is 243 g/mol. The van der Waals surface area contributed by atoms with E-state index in [1.54, 1.807) is 6.20 Å². The number of hydrogen-bond donors (Lipinski definition) is 2. The molecule has 0 saturated heterocycles. The fourth-order valence-electron chi connectivity index (χ4n) is 1.63. The molecule has 4 heteroatoms. The number of pyridine rings is 1. The predicted molar refractivity (Wildman–Crippen MR) is 74.8 cm³/mol. The fourth-order valence-corrected chi connectivity index (χ4v) is 1.74. The van der Waals surface area contributed by atoms with E-state index in [-0.39, 0.29) is 5.11 Å². The van der Waals surface area contributed by atoms with Crippen molar-refractivity contribution in [1.82, 2.24) is 4.98 Å². The SMILES string of the molecule is Cc1ccnc(-c2ccccc2NC(N)=S)c1. The van der Waals surface area contributed by atoms with Gasteiger partial charge < -0.3 is 11.1 Å². The number of para-hydroxylation sites is 1. The molecule has 2 rings (SSSR count). The zero-order valence-electron chi connectivity index (χ0n) is 9.47. The number of benzene rings is 1. The van der Waals surface area contributed by atoms with Crippen molar-refractivity contribution in [1.29, 1.82) is 0 Å². The van der Waals surface area contributed by atoms with E-state index in [0.717, 1.165) is 16.9 Å². The Kier molecular flexibility index (Phi) is 3.35. The van der Waals surface area contributed by atoms with Gasteiger partial charge in [0.15, 0.2) is 5.11 Å². The lowest BCUT2D eigenvalue weighted by Gasteiger charge is -2.10. The molecular formula is C13H13N3S. The highest BCUT2D eigenvalue weighted by molar-refractivity contribution is 7.80. The van der Waals surface area contributed by atoms with Crippen LogP contribution in [0.1, 0.15) is 5.56 Å². The maximum absolute atomic E-state index is 5.50. The second kappa shape index (κ2) is 4.93.